The van der Waals surface area contributed by atoms with Gasteiger partial charge in [-0.2, -0.15) is 0 Å². The molecule has 0 amide bonds. The summed E-state index contributed by atoms with van der Waals surface area (Å²) in [5.41, 5.74) is 7.00. The van der Waals surface area contributed by atoms with Crippen LogP contribution in [0.4, 0.5) is 11.4 Å². The fraction of sp³-hybridized carbons (Fsp3) is 0.571. The fourth-order valence-corrected chi connectivity index (χ4v) is 3.55. The Bertz CT molecular complexity index is 491. The van der Waals surface area contributed by atoms with Crippen LogP contribution in [0, 0.1) is 22.0 Å². The van der Waals surface area contributed by atoms with E-state index in [0.29, 0.717) is 17.9 Å². The molecule has 2 N–H and O–H groups in total. The van der Waals surface area contributed by atoms with Crippen LogP contribution in [0.15, 0.2) is 24.3 Å². The Kier molecular flexibility index (Phi) is 3.14. The zero-order chi connectivity index (χ0) is 13.4. The zero-order valence-electron chi connectivity index (χ0n) is 10.9. The Labute approximate surface area is 112 Å². The van der Waals surface area contributed by atoms with Gasteiger partial charge in [-0.15, -0.1) is 0 Å². The Morgan fingerprint density at radius 2 is 1.95 bits per heavy atom. The van der Waals surface area contributed by atoms with Crippen molar-refractivity contribution in [1.29, 1.82) is 0 Å². The van der Waals surface area contributed by atoms with E-state index in [-0.39, 0.29) is 10.6 Å². The smallest absolute Gasteiger partial charge is 0.292 e. The van der Waals surface area contributed by atoms with Crippen molar-refractivity contribution in [3.8, 4) is 0 Å². The second-order valence-corrected chi connectivity index (χ2v) is 5.74. The molecule has 19 heavy (non-hydrogen) atoms. The molecule has 3 rings (SSSR count). The molecule has 2 fully saturated rings. The minimum absolute atomic E-state index is 0.213. The molecule has 1 unspecified atom stereocenters. The van der Waals surface area contributed by atoms with Crippen molar-refractivity contribution in [3.63, 3.8) is 0 Å². The third-order valence-corrected chi connectivity index (χ3v) is 4.51. The molecule has 5 nitrogen and oxygen atoms in total. The van der Waals surface area contributed by atoms with Gasteiger partial charge >= 0.3 is 0 Å². The van der Waals surface area contributed by atoms with Gasteiger partial charge in [0, 0.05) is 25.2 Å². The van der Waals surface area contributed by atoms with E-state index in [1.165, 1.54) is 0 Å². The van der Waals surface area contributed by atoms with E-state index >= 15 is 0 Å². The van der Waals surface area contributed by atoms with Crippen LogP contribution in [0.3, 0.4) is 0 Å². The summed E-state index contributed by atoms with van der Waals surface area (Å²) in [6.45, 7) is 1.84. The summed E-state index contributed by atoms with van der Waals surface area (Å²) in [6, 6.07) is 7.35. The monoisotopic (exact) mass is 261 g/mol. The lowest BCUT2D eigenvalue weighted by Gasteiger charge is -2.27. The molecule has 1 saturated heterocycles. The molecule has 1 aromatic rings. The van der Waals surface area contributed by atoms with Crippen molar-refractivity contribution in [2.75, 3.05) is 18.0 Å². The Balaban J connectivity index is 1.83. The minimum atomic E-state index is -0.289. The van der Waals surface area contributed by atoms with Crippen LogP contribution in [-0.2, 0) is 0 Å². The number of hydrogen-bond donors (Lipinski definition) is 1. The van der Waals surface area contributed by atoms with Crippen molar-refractivity contribution in [2.24, 2.45) is 17.6 Å². The van der Waals surface area contributed by atoms with E-state index in [9.17, 15) is 10.1 Å². The molecule has 102 valence electrons. The van der Waals surface area contributed by atoms with Crippen molar-refractivity contribution in [2.45, 2.75) is 25.3 Å². The molecule has 2 aliphatic rings. The summed E-state index contributed by atoms with van der Waals surface area (Å²) in [6.07, 6.45) is 3.30. The number of fused-ring (bicyclic) bond motifs is 1. The number of para-hydroxylation sites is 2. The molecule has 1 aliphatic carbocycles. The van der Waals surface area contributed by atoms with Gasteiger partial charge in [-0.3, -0.25) is 10.1 Å². The molecular weight excluding hydrogens is 242 g/mol. The third-order valence-electron chi connectivity index (χ3n) is 4.51. The van der Waals surface area contributed by atoms with E-state index in [2.05, 4.69) is 4.90 Å². The number of benzene rings is 1. The number of nitrogens with zero attached hydrogens (tertiary/aromatic N) is 2. The second kappa shape index (κ2) is 4.81. The maximum atomic E-state index is 11.1. The van der Waals surface area contributed by atoms with Crippen molar-refractivity contribution in [1.82, 2.24) is 0 Å². The standard InChI is InChI=1S/C14H19N3O2/c15-12-6-5-10-8-16(9-11(10)7-12)13-3-1-2-4-14(13)17(18)19/h1-4,10-12H,5-9,15H2/t10-,11+,12?/m1/s1. The highest BCUT2D eigenvalue weighted by Gasteiger charge is 2.38. The number of nitrogens with two attached hydrogens (primary N) is 1. The molecule has 0 spiro atoms. The first-order chi connectivity index (χ1) is 9.15. The maximum absolute atomic E-state index is 11.1. The first-order valence-electron chi connectivity index (χ1n) is 6.89. The summed E-state index contributed by atoms with van der Waals surface area (Å²) in [4.78, 5) is 13.0. The molecule has 1 aliphatic heterocycles. The molecular formula is C14H19N3O2. The normalized spacial score (nSPS) is 30.2. The molecule has 1 aromatic carbocycles. The van der Waals surface area contributed by atoms with E-state index in [1.54, 1.807) is 12.1 Å². The van der Waals surface area contributed by atoms with Gasteiger partial charge in [-0.25, -0.2) is 0 Å². The van der Waals surface area contributed by atoms with E-state index in [4.69, 9.17) is 5.73 Å². The van der Waals surface area contributed by atoms with Gasteiger partial charge in [-0.05, 0) is 37.2 Å². The van der Waals surface area contributed by atoms with E-state index in [0.717, 1.165) is 38.0 Å². The average Bonchev–Trinajstić information content (AvgIpc) is 2.81. The third kappa shape index (κ3) is 2.30. The maximum Gasteiger partial charge on any atom is 0.292 e. The van der Waals surface area contributed by atoms with Crippen LogP contribution in [0.5, 0.6) is 0 Å². The highest BCUT2D eigenvalue weighted by molar-refractivity contribution is 5.63. The van der Waals surface area contributed by atoms with E-state index < -0.39 is 0 Å². The number of nitro benzene ring substituents is 1. The molecule has 0 radical (unpaired) electrons. The van der Waals surface area contributed by atoms with Crippen LogP contribution < -0.4 is 10.6 Å². The van der Waals surface area contributed by atoms with Gasteiger partial charge in [0.1, 0.15) is 5.69 Å². The number of rotatable bonds is 2. The van der Waals surface area contributed by atoms with Gasteiger partial charge in [0.25, 0.3) is 5.69 Å². The summed E-state index contributed by atoms with van der Waals surface area (Å²) in [5, 5.41) is 11.1. The number of anilines is 1. The summed E-state index contributed by atoms with van der Waals surface area (Å²) in [5.74, 6) is 1.25. The lowest BCUT2D eigenvalue weighted by Crippen LogP contribution is -2.32. The van der Waals surface area contributed by atoms with E-state index in [1.807, 2.05) is 12.1 Å². The molecule has 1 heterocycles. The number of nitro groups is 1. The largest absolute Gasteiger partial charge is 0.365 e. The topological polar surface area (TPSA) is 72.4 Å². The molecule has 3 atom stereocenters. The lowest BCUT2D eigenvalue weighted by molar-refractivity contribution is -0.384. The van der Waals surface area contributed by atoms with Gasteiger partial charge in [0.05, 0.1) is 4.92 Å². The first kappa shape index (κ1) is 12.4. The quantitative estimate of drug-likeness (QED) is 0.654. The van der Waals surface area contributed by atoms with Crippen LogP contribution in [0.25, 0.3) is 0 Å². The number of hydrogen-bond acceptors (Lipinski definition) is 4. The van der Waals surface area contributed by atoms with Crippen molar-refractivity contribution >= 4 is 11.4 Å². The molecule has 1 saturated carbocycles. The second-order valence-electron chi connectivity index (χ2n) is 5.74. The van der Waals surface area contributed by atoms with Gasteiger partial charge in [0.2, 0.25) is 0 Å². The Hall–Kier alpha value is -1.62. The highest BCUT2D eigenvalue weighted by Crippen LogP contribution is 2.40. The predicted molar refractivity (Wildman–Crippen MR) is 74.1 cm³/mol. The van der Waals surface area contributed by atoms with Crippen molar-refractivity contribution in [3.05, 3.63) is 34.4 Å². The average molecular weight is 261 g/mol. The summed E-state index contributed by atoms with van der Waals surface area (Å²) < 4.78 is 0. The van der Waals surface area contributed by atoms with Crippen LogP contribution in [0.2, 0.25) is 0 Å². The molecule has 0 aromatic heterocycles. The minimum Gasteiger partial charge on any atom is -0.365 e. The summed E-state index contributed by atoms with van der Waals surface area (Å²) in [7, 11) is 0. The summed E-state index contributed by atoms with van der Waals surface area (Å²) >= 11 is 0. The van der Waals surface area contributed by atoms with Crippen LogP contribution in [-0.4, -0.2) is 24.1 Å². The van der Waals surface area contributed by atoms with Gasteiger partial charge in [-0.1, -0.05) is 12.1 Å². The molecule has 0 bridgehead atoms. The molecule has 5 heteroatoms. The van der Waals surface area contributed by atoms with Gasteiger partial charge in [0.15, 0.2) is 0 Å². The van der Waals surface area contributed by atoms with Crippen LogP contribution >= 0.6 is 0 Å². The zero-order valence-corrected chi connectivity index (χ0v) is 10.9. The lowest BCUT2D eigenvalue weighted by atomic mass is 9.79. The van der Waals surface area contributed by atoms with Gasteiger partial charge < -0.3 is 10.6 Å². The first-order valence-corrected chi connectivity index (χ1v) is 6.89. The Morgan fingerprint density at radius 3 is 2.74 bits per heavy atom. The predicted octanol–water partition coefficient (Wildman–Crippen LogP) is 2.16. The fourth-order valence-electron chi connectivity index (χ4n) is 3.55. The van der Waals surface area contributed by atoms with Crippen LogP contribution in [0.1, 0.15) is 19.3 Å². The highest BCUT2D eigenvalue weighted by atomic mass is 16.6. The SMILES string of the molecule is NC1CC[C@@H]2CN(c3ccccc3[N+](=O)[O-])C[C@@H]2C1. The Morgan fingerprint density at radius 1 is 1.21 bits per heavy atom. The van der Waals surface area contributed by atoms with Crippen molar-refractivity contribution < 1.29 is 4.92 Å².